The number of nitrogens with one attached hydrogen (secondary N) is 1. The second-order valence-corrected chi connectivity index (χ2v) is 6.60. The van der Waals surface area contributed by atoms with E-state index in [1.54, 1.807) is 7.05 Å². The van der Waals surface area contributed by atoms with Gasteiger partial charge in [0.1, 0.15) is 5.56 Å². The van der Waals surface area contributed by atoms with Crippen LogP contribution in [0.15, 0.2) is 18.2 Å². The smallest absolute Gasteiger partial charge is 0.283 e. The quantitative estimate of drug-likeness (QED) is 0.565. The van der Waals surface area contributed by atoms with E-state index < -0.39 is 16.5 Å². The molecule has 0 aliphatic rings. The fraction of sp³-hybridized carbons (Fsp3) is 0.467. The average Bonchev–Trinajstić information content (AvgIpc) is 2.51. The number of nitrogens with zero attached hydrogens (tertiary/aromatic N) is 2. The molecule has 1 aromatic rings. The van der Waals surface area contributed by atoms with Gasteiger partial charge in [-0.2, -0.15) is 0 Å². The second kappa shape index (κ2) is 8.07. The van der Waals surface area contributed by atoms with Crippen molar-refractivity contribution < 1.29 is 14.5 Å². The third kappa shape index (κ3) is 5.17. The molecule has 0 heterocycles. The lowest BCUT2D eigenvalue weighted by atomic mass is 9.93. The molecular formula is C15H21ClN4O4. The number of carbonyl (C=O) groups is 2. The summed E-state index contributed by atoms with van der Waals surface area (Å²) in [5.74, 6) is -1.10. The van der Waals surface area contributed by atoms with Gasteiger partial charge in [-0.1, -0.05) is 31.5 Å². The Balaban J connectivity index is 2.77. The molecule has 2 amide bonds. The highest BCUT2D eigenvalue weighted by Crippen LogP contribution is 2.25. The molecule has 0 spiro atoms. The first-order valence-corrected chi connectivity index (χ1v) is 7.62. The number of hydrogen-bond donors (Lipinski definition) is 2. The molecule has 0 aromatic heterocycles. The van der Waals surface area contributed by atoms with E-state index >= 15 is 0 Å². The summed E-state index contributed by atoms with van der Waals surface area (Å²) in [6.45, 7) is 4.37. The van der Waals surface area contributed by atoms with Crippen LogP contribution in [0, 0.1) is 15.5 Å². The van der Waals surface area contributed by atoms with Crippen molar-refractivity contribution in [1.29, 1.82) is 0 Å². The number of nitro groups is 1. The van der Waals surface area contributed by atoms with E-state index in [-0.39, 0.29) is 28.5 Å². The number of hydrogen-bond acceptors (Lipinski definition) is 5. The van der Waals surface area contributed by atoms with Crippen LogP contribution in [-0.4, -0.2) is 48.3 Å². The van der Waals surface area contributed by atoms with Crippen molar-refractivity contribution in [2.45, 2.75) is 13.8 Å². The second-order valence-electron chi connectivity index (χ2n) is 6.19. The lowest BCUT2D eigenvalue weighted by Crippen LogP contribution is -2.44. The molecular weight excluding hydrogens is 336 g/mol. The van der Waals surface area contributed by atoms with Crippen LogP contribution in [0.2, 0.25) is 5.02 Å². The van der Waals surface area contributed by atoms with Gasteiger partial charge in [-0.05, 0) is 18.0 Å². The SMILES string of the molecule is CN(CC(C)(C)CN)C(=O)CNC(=O)c1c(Cl)cccc1[N+](=O)[O-]. The van der Waals surface area contributed by atoms with Crippen LogP contribution in [0.25, 0.3) is 0 Å². The molecule has 0 fully saturated rings. The summed E-state index contributed by atoms with van der Waals surface area (Å²) in [5, 5.41) is 13.3. The number of carbonyl (C=O) groups excluding carboxylic acids is 2. The monoisotopic (exact) mass is 356 g/mol. The maximum atomic E-state index is 12.2. The van der Waals surface area contributed by atoms with Crippen molar-refractivity contribution in [2.75, 3.05) is 26.7 Å². The Kier molecular flexibility index (Phi) is 6.68. The molecule has 0 saturated heterocycles. The molecule has 0 saturated carbocycles. The van der Waals surface area contributed by atoms with E-state index in [1.165, 1.54) is 23.1 Å². The number of nitrogens with two attached hydrogens (primary N) is 1. The number of amides is 2. The van der Waals surface area contributed by atoms with E-state index in [9.17, 15) is 19.7 Å². The van der Waals surface area contributed by atoms with Crippen molar-refractivity contribution in [3.8, 4) is 0 Å². The predicted octanol–water partition coefficient (Wildman–Crippen LogP) is 1.42. The Bertz CT molecular complexity index is 648. The third-order valence-electron chi connectivity index (χ3n) is 3.46. The van der Waals surface area contributed by atoms with Crippen LogP contribution >= 0.6 is 11.6 Å². The zero-order chi connectivity index (χ0) is 18.5. The standard InChI is InChI=1S/C15H21ClN4O4/c1-15(2,8-17)9-19(3)12(21)7-18-14(22)13-10(16)5-4-6-11(13)20(23)24/h4-6H,7-9,17H2,1-3H3,(H,18,22). The Labute approximate surface area is 145 Å². The Morgan fingerprint density at radius 1 is 1.42 bits per heavy atom. The normalized spacial score (nSPS) is 11.0. The first-order chi connectivity index (χ1) is 11.1. The van der Waals surface area contributed by atoms with Crippen LogP contribution in [0.5, 0.6) is 0 Å². The molecule has 8 nitrogen and oxygen atoms in total. The first-order valence-electron chi connectivity index (χ1n) is 7.24. The highest BCUT2D eigenvalue weighted by atomic mass is 35.5. The molecule has 0 aliphatic heterocycles. The van der Waals surface area contributed by atoms with Gasteiger partial charge in [-0.3, -0.25) is 19.7 Å². The van der Waals surface area contributed by atoms with E-state index in [4.69, 9.17) is 17.3 Å². The number of halogens is 1. The molecule has 0 bridgehead atoms. The van der Waals surface area contributed by atoms with Crippen molar-refractivity contribution in [2.24, 2.45) is 11.1 Å². The van der Waals surface area contributed by atoms with Gasteiger partial charge in [0.2, 0.25) is 5.91 Å². The van der Waals surface area contributed by atoms with E-state index in [1.807, 2.05) is 13.8 Å². The Hall–Kier alpha value is -2.19. The number of likely N-dealkylation sites (N-methyl/N-ethyl adjacent to an activating group) is 1. The molecule has 1 rings (SSSR count). The first kappa shape index (κ1) is 19.9. The molecule has 1 aromatic carbocycles. The molecule has 0 aliphatic carbocycles. The molecule has 9 heteroatoms. The Morgan fingerprint density at radius 2 is 2.04 bits per heavy atom. The van der Waals surface area contributed by atoms with Gasteiger partial charge in [0.25, 0.3) is 11.6 Å². The summed E-state index contributed by atoms with van der Waals surface area (Å²) >= 11 is 5.88. The van der Waals surface area contributed by atoms with Crippen molar-refractivity contribution in [1.82, 2.24) is 10.2 Å². The van der Waals surface area contributed by atoms with Crippen molar-refractivity contribution in [3.63, 3.8) is 0 Å². The molecule has 0 radical (unpaired) electrons. The minimum absolute atomic E-state index is 0.0493. The van der Waals surface area contributed by atoms with Gasteiger partial charge in [0.05, 0.1) is 16.5 Å². The predicted molar refractivity (Wildman–Crippen MR) is 90.9 cm³/mol. The summed E-state index contributed by atoms with van der Waals surface area (Å²) in [7, 11) is 1.60. The lowest BCUT2D eigenvalue weighted by molar-refractivity contribution is -0.385. The summed E-state index contributed by atoms with van der Waals surface area (Å²) in [6, 6.07) is 3.94. The number of nitro benzene ring substituents is 1. The largest absolute Gasteiger partial charge is 0.344 e. The highest BCUT2D eigenvalue weighted by molar-refractivity contribution is 6.34. The Morgan fingerprint density at radius 3 is 2.58 bits per heavy atom. The zero-order valence-electron chi connectivity index (χ0n) is 13.8. The fourth-order valence-electron chi connectivity index (χ4n) is 2.06. The van der Waals surface area contributed by atoms with Crippen molar-refractivity contribution in [3.05, 3.63) is 38.9 Å². The van der Waals surface area contributed by atoms with Crippen molar-refractivity contribution >= 4 is 29.1 Å². The number of benzene rings is 1. The van der Waals surface area contributed by atoms with Gasteiger partial charge < -0.3 is 16.0 Å². The highest BCUT2D eigenvalue weighted by Gasteiger charge is 2.25. The summed E-state index contributed by atoms with van der Waals surface area (Å²) in [6.07, 6.45) is 0. The maximum absolute atomic E-state index is 12.2. The van der Waals surface area contributed by atoms with Gasteiger partial charge >= 0.3 is 0 Å². The lowest BCUT2D eigenvalue weighted by Gasteiger charge is -2.29. The van der Waals surface area contributed by atoms with Gasteiger partial charge in [-0.15, -0.1) is 0 Å². The van der Waals surface area contributed by atoms with E-state index in [0.29, 0.717) is 13.1 Å². The van der Waals surface area contributed by atoms with Crippen LogP contribution in [0.4, 0.5) is 5.69 Å². The summed E-state index contributed by atoms with van der Waals surface area (Å²) in [4.78, 5) is 36.0. The van der Waals surface area contributed by atoms with Crippen LogP contribution < -0.4 is 11.1 Å². The summed E-state index contributed by atoms with van der Waals surface area (Å²) < 4.78 is 0. The molecule has 3 N–H and O–H groups in total. The topological polar surface area (TPSA) is 119 Å². The van der Waals surface area contributed by atoms with Gasteiger partial charge in [-0.25, -0.2) is 0 Å². The minimum atomic E-state index is -0.771. The third-order valence-corrected chi connectivity index (χ3v) is 3.77. The minimum Gasteiger partial charge on any atom is -0.344 e. The zero-order valence-corrected chi connectivity index (χ0v) is 14.6. The van der Waals surface area contributed by atoms with E-state index in [2.05, 4.69) is 5.32 Å². The molecule has 24 heavy (non-hydrogen) atoms. The van der Waals surface area contributed by atoms with E-state index in [0.717, 1.165) is 0 Å². The van der Waals surface area contributed by atoms with Crippen LogP contribution in [0.1, 0.15) is 24.2 Å². The summed E-state index contributed by atoms with van der Waals surface area (Å²) in [5.41, 5.74) is 4.70. The fourth-order valence-corrected chi connectivity index (χ4v) is 2.32. The maximum Gasteiger partial charge on any atom is 0.283 e. The average molecular weight is 357 g/mol. The molecule has 132 valence electrons. The van der Waals surface area contributed by atoms with Gasteiger partial charge in [0, 0.05) is 19.7 Å². The van der Waals surface area contributed by atoms with Crippen LogP contribution in [-0.2, 0) is 4.79 Å². The number of rotatable bonds is 7. The molecule has 0 atom stereocenters. The van der Waals surface area contributed by atoms with Crippen LogP contribution in [0.3, 0.4) is 0 Å². The molecule has 0 unspecified atom stereocenters. The van der Waals surface area contributed by atoms with Gasteiger partial charge in [0.15, 0.2) is 0 Å².